The molecule has 86 valence electrons. The Morgan fingerprint density at radius 2 is 1.94 bits per heavy atom. The number of hydrogen-bond acceptors (Lipinski definition) is 3. The van der Waals surface area contributed by atoms with E-state index < -0.39 is 0 Å². The van der Waals surface area contributed by atoms with Crippen LogP contribution in [0.1, 0.15) is 15.9 Å². The zero-order valence-corrected chi connectivity index (χ0v) is 9.34. The number of benzene rings is 1. The monoisotopic (exact) mass is 228 g/mol. The number of hydrogen-bond donors (Lipinski definition) is 2. The van der Waals surface area contributed by atoms with E-state index in [9.17, 15) is 4.79 Å². The Kier molecular flexibility index (Phi) is 3.05. The van der Waals surface area contributed by atoms with Crippen LogP contribution in [0.15, 0.2) is 42.7 Å². The van der Waals surface area contributed by atoms with E-state index in [1.807, 2.05) is 6.92 Å². The molecule has 17 heavy (non-hydrogen) atoms. The highest BCUT2D eigenvalue weighted by atomic mass is 16.3. The van der Waals surface area contributed by atoms with Crippen LogP contribution < -0.4 is 5.32 Å². The van der Waals surface area contributed by atoms with Gasteiger partial charge in [-0.25, -0.2) is 0 Å². The van der Waals surface area contributed by atoms with E-state index in [4.69, 9.17) is 5.11 Å². The molecule has 0 fully saturated rings. The van der Waals surface area contributed by atoms with E-state index in [1.165, 1.54) is 12.1 Å². The van der Waals surface area contributed by atoms with Crippen molar-refractivity contribution in [2.75, 3.05) is 5.32 Å². The molecule has 4 heteroatoms. The SMILES string of the molecule is Cc1cnccc1NC(=O)c1ccc(O)cc1. The van der Waals surface area contributed by atoms with Crippen molar-refractivity contribution in [2.45, 2.75) is 6.92 Å². The highest BCUT2D eigenvalue weighted by molar-refractivity contribution is 6.04. The molecule has 0 unspecified atom stereocenters. The van der Waals surface area contributed by atoms with Gasteiger partial charge in [-0.05, 0) is 42.8 Å². The number of pyridine rings is 1. The smallest absolute Gasteiger partial charge is 0.255 e. The van der Waals surface area contributed by atoms with E-state index in [0.29, 0.717) is 5.56 Å². The first kappa shape index (κ1) is 11.1. The van der Waals surface area contributed by atoms with Gasteiger partial charge in [0.2, 0.25) is 0 Å². The average Bonchev–Trinajstić information content (AvgIpc) is 2.33. The van der Waals surface area contributed by atoms with Crippen molar-refractivity contribution in [3.8, 4) is 5.75 Å². The van der Waals surface area contributed by atoms with Gasteiger partial charge in [-0.15, -0.1) is 0 Å². The number of aromatic nitrogens is 1. The van der Waals surface area contributed by atoms with Crippen LogP contribution in [0.3, 0.4) is 0 Å². The summed E-state index contributed by atoms with van der Waals surface area (Å²) in [7, 11) is 0. The number of aryl methyl sites for hydroxylation is 1. The summed E-state index contributed by atoms with van der Waals surface area (Å²) < 4.78 is 0. The molecule has 2 aromatic rings. The molecule has 0 saturated heterocycles. The molecule has 0 spiro atoms. The molecule has 1 heterocycles. The number of anilines is 1. The van der Waals surface area contributed by atoms with Gasteiger partial charge >= 0.3 is 0 Å². The summed E-state index contributed by atoms with van der Waals surface area (Å²) in [5.41, 5.74) is 2.14. The second-order valence-electron chi connectivity index (χ2n) is 3.69. The first-order valence-electron chi connectivity index (χ1n) is 5.18. The number of nitrogens with zero attached hydrogens (tertiary/aromatic N) is 1. The average molecular weight is 228 g/mol. The highest BCUT2D eigenvalue weighted by Crippen LogP contribution is 2.15. The molecule has 1 amide bonds. The van der Waals surface area contributed by atoms with Crippen LogP contribution in [0.25, 0.3) is 0 Å². The van der Waals surface area contributed by atoms with Gasteiger partial charge in [-0.3, -0.25) is 9.78 Å². The molecule has 1 aromatic heterocycles. The Labute approximate surface area is 98.9 Å². The number of carbonyl (C=O) groups is 1. The Morgan fingerprint density at radius 1 is 1.24 bits per heavy atom. The molecule has 0 aliphatic rings. The van der Waals surface area contributed by atoms with Crippen molar-refractivity contribution in [3.05, 3.63) is 53.9 Å². The lowest BCUT2D eigenvalue weighted by Gasteiger charge is -2.07. The van der Waals surface area contributed by atoms with Crippen molar-refractivity contribution < 1.29 is 9.90 Å². The fourth-order valence-corrected chi connectivity index (χ4v) is 1.42. The molecular formula is C13H12N2O2. The predicted octanol–water partition coefficient (Wildman–Crippen LogP) is 2.35. The number of rotatable bonds is 2. The normalized spacial score (nSPS) is 9.94. The van der Waals surface area contributed by atoms with Crippen molar-refractivity contribution in [1.29, 1.82) is 0 Å². The standard InChI is InChI=1S/C13H12N2O2/c1-9-8-14-7-6-12(9)15-13(17)10-2-4-11(16)5-3-10/h2-8,16H,1H3,(H,14,15,17). The highest BCUT2D eigenvalue weighted by Gasteiger charge is 2.07. The van der Waals surface area contributed by atoms with Crippen LogP contribution in [-0.2, 0) is 0 Å². The molecule has 4 nitrogen and oxygen atoms in total. The Hall–Kier alpha value is -2.36. The van der Waals surface area contributed by atoms with Crippen LogP contribution in [-0.4, -0.2) is 16.0 Å². The molecule has 0 radical (unpaired) electrons. The maximum atomic E-state index is 11.9. The van der Waals surface area contributed by atoms with Gasteiger partial charge in [0.25, 0.3) is 5.91 Å². The third-order valence-electron chi connectivity index (χ3n) is 2.40. The number of phenolic OH excluding ortho intramolecular Hbond substituents is 1. The van der Waals surface area contributed by atoms with E-state index in [1.54, 1.807) is 30.6 Å². The van der Waals surface area contributed by atoms with E-state index >= 15 is 0 Å². The quantitative estimate of drug-likeness (QED) is 0.829. The van der Waals surface area contributed by atoms with Gasteiger partial charge in [0, 0.05) is 23.6 Å². The lowest BCUT2D eigenvalue weighted by atomic mass is 10.2. The summed E-state index contributed by atoms with van der Waals surface area (Å²) in [6, 6.07) is 7.85. The molecule has 1 aromatic carbocycles. The molecule has 2 N–H and O–H groups in total. The van der Waals surface area contributed by atoms with Gasteiger partial charge in [-0.2, -0.15) is 0 Å². The maximum absolute atomic E-state index is 11.9. The third-order valence-corrected chi connectivity index (χ3v) is 2.40. The van der Waals surface area contributed by atoms with Crippen molar-refractivity contribution in [2.24, 2.45) is 0 Å². The third kappa shape index (κ3) is 2.60. The number of phenols is 1. The lowest BCUT2D eigenvalue weighted by molar-refractivity contribution is 0.102. The number of carbonyl (C=O) groups excluding carboxylic acids is 1. The lowest BCUT2D eigenvalue weighted by Crippen LogP contribution is -2.12. The molecular weight excluding hydrogens is 216 g/mol. The molecule has 0 aliphatic carbocycles. The first-order valence-corrected chi connectivity index (χ1v) is 5.18. The van der Waals surface area contributed by atoms with Crippen LogP contribution in [0.4, 0.5) is 5.69 Å². The van der Waals surface area contributed by atoms with Gasteiger partial charge in [0.1, 0.15) is 5.75 Å². The molecule has 0 aliphatic heterocycles. The summed E-state index contributed by atoms with van der Waals surface area (Å²) in [6.07, 6.45) is 3.31. The minimum absolute atomic E-state index is 0.140. The van der Waals surface area contributed by atoms with Crippen LogP contribution in [0.2, 0.25) is 0 Å². The molecule has 0 bridgehead atoms. The van der Waals surface area contributed by atoms with Gasteiger partial charge in [-0.1, -0.05) is 0 Å². The van der Waals surface area contributed by atoms with Crippen LogP contribution >= 0.6 is 0 Å². The molecule has 2 rings (SSSR count). The van der Waals surface area contributed by atoms with E-state index in [-0.39, 0.29) is 11.7 Å². The summed E-state index contributed by atoms with van der Waals surface area (Å²) in [5, 5.41) is 11.9. The first-order chi connectivity index (χ1) is 8.16. The van der Waals surface area contributed by atoms with Gasteiger partial charge in [0.15, 0.2) is 0 Å². The van der Waals surface area contributed by atoms with Crippen LogP contribution in [0, 0.1) is 6.92 Å². The Balaban J connectivity index is 2.17. The zero-order valence-electron chi connectivity index (χ0n) is 9.34. The van der Waals surface area contributed by atoms with E-state index in [2.05, 4.69) is 10.3 Å². The second kappa shape index (κ2) is 4.65. The fourth-order valence-electron chi connectivity index (χ4n) is 1.42. The van der Waals surface area contributed by atoms with Crippen LogP contribution in [0.5, 0.6) is 5.75 Å². The van der Waals surface area contributed by atoms with Gasteiger partial charge in [0.05, 0.1) is 0 Å². The Bertz CT molecular complexity index is 535. The Morgan fingerprint density at radius 3 is 2.59 bits per heavy atom. The van der Waals surface area contributed by atoms with Crippen molar-refractivity contribution in [1.82, 2.24) is 4.98 Å². The summed E-state index contributed by atoms with van der Waals surface area (Å²) in [6.45, 7) is 1.87. The predicted molar refractivity (Wildman–Crippen MR) is 65.0 cm³/mol. The van der Waals surface area contributed by atoms with E-state index in [0.717, 1.165) is 11.3 Å². The minimum Gasteiger partial charge on any atom is -0.508 e. The van der Waals surface area contributed by atoms with Gasteiger partial charge < -0.3 is 10.4 Å². The summed E-state index contributed by atoms with van der Waals surface area (Å²) >= 11 is 0. The minimum atomic E-state index is -0.209. The topological polar surface area (TPSA) is 62.2 Å². The second-order valence-corrected chi connectivity index (χ2v) is 3.69. The zero-order chi connectivity index (χ0) is 12.3. The van der Waals surface area contributed by atoms with Crippen molar-refractivity contribution in [3.63, 3.8) is 0 Å². The summed E-state index contributed by atoms with van der Waals surface area (Å²) in [5.74, 6) is -0.0686. The largest absolute Gasteiger partial charge is 0.508 e. The molecule has 0 saturated carbocycles. The number of nitrogens with one attached hydrogen (secondary N) is 1. The fraction of sp³-hybridized carbons (Fsp3) is 0.0769. The number of aromatic hydroxyl groups is 1. The maximum Gasteiger partial charge on any atom is 0.255 e. The van der Waals surface area contributed by atoms with Crippen molar-refractivity contribution >= 4 is 11.6 Å². The summed E-state index contributed by atoms with van der Waals surface area (Å²) in [4.78, 5) is 15.8. The number of amides is 1. The molecule has 0 atom stereocenters.